The number of nitrogens with zero attached hydrogens (tertiary/aromatic N) is 4. The lowest BCUT2D eigenvalue weighted by atomic mass is 10.0. The second kappa shape index (κ2) is 7.23. The first-order valence-corrected chi connectivity index (χ1v) is 10.00. The van der Waals surface area contributed by atoms with Gasteiger partial charge in [0.25, 0.3) is 5.91 Å². The number of amides is 1. The third-order valence-corrected chi connectivity index (χ3v) is 5.47. The molecular weight excluding hydrogens is 338 g/mol. The molecule has 27 heavy (non-hydrogen) atoms. The molecule has 1 saturated heterocycles. The third-order valence-electron chi connectivity index (χ3n) is 5.47. The number of hydrogen-bond donors (Lipinski definition) is 1. The van der Waals surface area contributed by atoms with E-state index in [1.54, 1.807) is 0 Å². The van der Waals surface area contributed by atoms with Crippen LogP contribution >= 0.6 is 0 Å². The zero-order valence-corrected chi connectivity index (χ0v) is 17.8. The second-order valence-corrected chi connectivity index (χ2v) is 9.01. The van der Waals surface area contributed by atoms with Crippen molar-refractivity contribution in [3.63, 3.8) is 0 Å². The second-order valence-electron chi connectivity index (χ2n) is 9.01. The molecule has 1 N–H and O–H groups in total. The molecule has 6 nitrogen and oxygen atoms in total. The SMILES string of the molecule is Cc1nn(C(C)(C)C)c2nc(C(C)C)cc(C(=O)N(C)C3CCNCC3)c12. The van der Waals surface area contributed by atoms with Crippen LogP contribution in [0, 0.1) is 6.92 Å². The third kappa shape index (κ3) is 3.72. The molecule has 3 rings (SSSR count). The van der Waals surface area contributed by atoms with Crippen molar-refractivity contribution in [1.29, 1.82) is 0 Å². The molecule has 1 aliphatic heterocycles. The Hall–Kier alpha value is -1.95. The maximum Gasteiger partial charge on any atom is 0.254 e. The van der Waals surface area contributed by atoms with Crippen LogP contribution in [0.3, 0.4) is 0 Å². The first kappa shape index (κ1) is 19.8. The standard InChI is InChI=1S/C21H33N5O/c1-13(2)17-12-16(20(27)25(7)15-8-10-22-11-9-15)18-14(3)24-26(19(18)23-17)21(4,5)6/h12-13,15,22H,8-11H2,1-7H3. The fourth-order valence-corrected chi connectivity index (χ4v) is 3.79. The highest BCUT2D eigenvalue weighted by atomic mass is 16.2. The highest BCUT2D eigenvalue weighted by Crippen LogP contribution is 2.30. The maximum atomic E-state index is 13.5. The van der Waals surface area contributed by atoms with Crippen LogP contribution in [0.1, 0.15) is 75.1 Å². The van der Waals surface area contributed by atoms with E-state index in [-0.39, 0.29) is 23.4 Å². The molecule has 148 valence electrons. The number of aromatic nitrogens is 3. The fourth-order valence-electron chi connectivity index (χ4n) is 3.79. The van der Waals surface area contributed by atoms with Crippen molar-refractivity contribution in [3.05, 3.63) is 23.0 Å². The van der Waals surface area contributed by atoms with E-state index in [4.69, 9.17) is 10.1 Å². The summed E-state index contributed by atoms with van der Waals surface area (Å²) in [5.41, 5.74) is 3.15. The number of hydrogen-bond acceptors (Lipinski definition) is 4. The molecule has 0 bridgehead atoms. The van der Waals surface area contributed by atoms with Gasteiger partial charge >= 0.3 is 0 Å². The average Bonchev–Trinajstić information content (AvgIpc) is 2.97. The topological polar surface area (TPSA) is 63.1 Å². The van der Waals surface area contributed by atoms with Crippen LogP contribution in [0.5, 0.6) is 0 Å². The molecule has 3 heterocycles. The zero-order chi connectivity index (χ0) is 19.9. The quantitative estimate of drug-likeness (QED) is 0.898. The fraction of sp³-hybridized carbons (Fsp3) is 0.667. The molecule has 1 amide bonds. The summed E-state index contributed by atoms with van der Waals surface area (Å²) in [5, 5.41) is 9.01. The summed E-state index contributed by atoms with van der Waals surface area (Å²) in [6, 6.07) is 2.26. The van der Waals surface area contributed by atoms with Gasteiger partial charge in [-0.2, -0.15) is 5.10 Å². The van der Waals surface area contributed by atoms with Crippen LogP contribution in [0.2, 0.25) is 0 Å². The minimum absolute atomic E-state index is 0.0766. The van der Waals surface area contributed by atoms with Gasteiger partial charge in [-0.15, -0.1) is 0 Å². The first-order chi connectivity index (χ1) is 12.6. The predicted octanol–water partition coefficient (Wildman–Crippen LogP) is 3.44. The maximum absolute atomic E-state index is 13.5. The van der Waals surface area contributed by atoms with Gasteiger partial charge in [-0.25, -0.2) is 9.67 Å². The summed E-state index contributed by atoms with van der Waals surface area (Å²) < 4.78 is 1.96. The normalized spacial score (nSPS) is 16.3. The van der Waals surface area contributed by atoms with Crippen LogP contribution in [-0.4, -0.2) is 51.8 Å². The molecule has 6 heteroatoms. The van der Waals surface area contributed by atoms with Crippen molar-refractivity contribution in [3.8, 4) is 0 Å². The van der Waals surface area contributed by atoms with Crippen molar-refractivity contribution in [2.24, 2.45) is 0 Å². The van der Waals surface area contributed by atoms with Crippen LogP contribution < -0.4 is 5.32 Å². The van der Waals surface area contributed by atoms with E-state index >= 15 is 0 Å². The van der Waals surface area contributed by atoms with Gasteiger partial charge in [-0.05, 0) is 65.6 Å². The van der Waals surface area contributed by atoms with Crippen LogP contribution in [0.4, 0.5) is 0 Å². The summed E-state index contributed by atoms with van der Waals surface area (Å²) in [6.45, 7) is 14.5. The van der Waals surface area contributed by atoms with E-state index in [0.29, 0.717) is 0 Å². The van der Waals surface area contributed by atoms with E-state index in [2.05, 4.69) is 39.9 Å². The molecule has 0 aliphatic carbocycles. The van der Waals surface area contributed by atoms with Gasteiger partial charge < -0.3 is 10.2 Å². The molecule has 2 aromatic heterocycles. The summed E-state index contributed by atoms with van der Waals surface area (Å²) in [7, 11) is 1.93. The molecule has 0 atom stereocenters. The predicted molar refractivity (Wildman–Crippen MR) is 109 cm³/mol. The smallest absolute Gasteiger partial charge is 0.254 e. The number of nitrogens with one attached hydrogen (secondary N) is 1. The van der Waals surface area contributed by atoms with Crippen molar-refractivity contribution >= 4 is 16.9 Å². The Balaban J connectivity index is 2.16. The Labute approximate surface area is 162 Å². The van der Waals surface area contributed by atoms with Crippen LogP contribution in [0.15, 0.2) is 6.07 Å². The van der Waals surface area contributed by atoms with Gasteiger partial charge in [0.15, 0.2) is 5.65 Å². The van der Waals surface area contributed by atoms with Gasteiger partial charge in [0.1, 0.15) is 0 Å². The Kier molecular flexibility index (Phi) is 5.30. The molecule has 0 unspecified atom stereocenters. The lowest BCUT2D eigenvalue weighted by Crippen LogP contribution is -2.44. The van der Waals surface area contributed by atoms with E-state index in [9.17, 15) is 4.79 Å². The van der Waals surface area contributed by atoms with Gasteiger partial charge in [0.2, 0.25) is 0 Å². The Morgan fingerprint density at radius 2 is 1.93 bits per heavy atom. The molecule has 1 aliphatic rings. The van der Waals surface area contributed by atoms with E-state index < -0.39 is 0 Å². The molecule has 0 saturated carbocycles. The summed E-state index contributed by atoms with van der Waals surface area (Å²) in [5.74, 6) is 0.321. The van der Waals surface area contributed by atoms with E-state index in [0.717, 1.165) is 53.9 Å². The first-order valence-electron chi connectivity index (χ1n) is 10.00. The molecule has 0 spiro atoms. The molecule has 2 aromatic rings. The van der Waals surface area contributed by atoms with Gasteiger partial charge in [-0.1, -0.05) is 13.8 Å². The molecule has 0 aromatic carbocycles. The minimum atomic E-state index is -0.198. The summed E-state index contributed by atoms with van der Waals surface area (Å²) >= 11 is 0. The van der Waals surface area contributed by atoms with Crippen molar-refractivity contribution < 1.29 is 4.79 Å². The molecule has 1 fully saturated rings. The summed E-state index contributed by atoms with van der Waals surface area (Å²) in [4.78, 5) is 20.3. The summed E-state index contributed by atoms with van der Waals surface area (Å²) in [6.07, 6.45) is 1.99. The lowest BCUT2D eigenvalue weighted by Gasteiger charge is -2.32. The number of piperidine rings is 1. The Morgan fingerprint density at radius 1 is 1.30 bits per heavy atom. The highest BCUT2D eigenvalue weighted by Gasteiger charge is 2.29. The van der Waals surface area contributed by atoms with Crippen molar-refractivity contribution in [1.82, 2.24) is 25.0 Å². The van der Waals surface area contributed by atoms with Crippen molar-refractivity contribution in [2.75, 3.05) is 20.1 Å². The number of carbonyl (C=O) groups excluding carboxylic acids is 1. The number of aryl methyl sites for hydroxylation is 1. The van der Waals surface area contributed by atoms with Crippen LogP contribution in [-0.2, 0) is 5.54 Å². The Morgan fingerprint density at radius 3 is 2.48 bits per heavy atom. The van der Waals surface area contributed by atoms with Gasteiger partial charge in [-0.3, -0.25) is 4.79 Å². The number of rotatable bonds is 3. The average molecular weight is 372 g/mol. The number of carbonyl (C=O) groups is 1. The van der Waals surface area contributed by atoms with E-state index in [1.165, 1.54) is 0 Å². The number of fused-ring (bicyclic) bond motifs is 1. The van der Waals surface area contributed by atoms with Gasteiger partial charge in [0.05, 0.1) is 22.2 Å². The van der Waals surface area contributed by atoms with E-state index in [1.807, 2.05) is 29.6 Å². The molecule has 0 radical (unpaired) electrons. The number of pyridine rings is 1. The van der Waals surface area contributed by atoms with Crippen LogP contribution in [0.25, 0.3) is 11.0 Å². The highest BCUT2D eigenvalue weighted by molar-refractivity contribution is 6.06. The largest absolute Gasteiger partial charge is 0.339 e. The monoisotopic (exact) mass is 371 g/mol. The Bertz CT molecular complexity index is 840. The van der Waals surface area contributed by atoms with Crippen molar-refractivity contribution in [2.45, 2.75) is 71.9 Å². The zero-order valence-electron chi connectivity index (χ0n) is 17.8. The van der Waals surface area contributed by atoms with Gasteiger partial charge in [0, 0.05) is 18.8 Å². The minimum Gasteiger partial charge on any atom is -0.339 e. The molecular formula is C21H33N5O. The lowest BCUT2D eigenvalue weighted by molar-refractivity contribution is 0.0705.